The van der Waals surface area contributed by atoms with E-state index in [9.17, 15) is 4.39 Å². The lowest BCUT2D eigenvalue weighted by Crippen LogP contribution is -2.25. The Kier molecular flexibility index (Phi) is 4.21. The molecule has 0 aromatic heterocycles. The van der Waals surface area contributed by atoms with Gasteiger partial charge >= 0.3 is 0 Å². The van der Waals surface area contributed by atoms with Crippen molar-refractivity contribution in [3.63, 3.8) is 0 Å². The molecule has 1 heteroatoms. The quantitative estimate of drug-likeness (QED) is 0.496. The normalized spacial score (nSPS) is 24.9. The zero-order valence-corrected chi connectivity index (χ0v) is 11.3. The van der Waals surface area contributed by atoms with Crippen molar-refractivity contribution in [3.05, 3.63) is 47.8 Å². The lowest BCUT2D eigenvalue weighted by Gasteiger charge is -2.33. The van der Waals surface area contributed by atoms with Crippen LogP contribution in [0.4, 0.5) is 4.39 Å². The molecule has 0 aliphatic heterocycles. The first-order valence-corrected chi connectivity index (χ1v) is 7.09. The second-order valence-corrected chi connectivity index (χ2v) is 5.64. The molecule has 1 atom stereocenters. The summed E-state index contributed by atoms with van der Waals surface area (Å²) >= 11 is 0. The maximum atomic E-state index is 13.5. The summed E-state index contributed by atoms with van der Waals surface area (Å²) in [6.07, 6.45) is 8.03. The number of benzene rings is 1. The SMILES string of the molecule is C=C1CCCC(CCC)(c2cccc(F)c2)CC1. The fourth-order valence-corrected chi connectivity index (χ4v) is 3.32. The molecule has 2 rings (SSSR count). The summed E-state index contributed by atoms with van der Waals surface area (Å²) in [6, 6.07) is 7.23. The molecule has 98 valence electrons. The van der Waals surface area contributed by atoms with E-state index in [0.717, 1.165) is 32.1 Å². The van der Waals surface area contributed by atoms with Gasteiger partial charge in [-0.3, -0.25) is 0 Å². The first-order chi connectivity index (χ1) is 8.66. The lowest BCUT2D eigenvalue weighted by molar-refractivity contribution is 0.340. The van der Waals surface area contributed by atoms with E-state index in [1.54, 1.807) is 12.1 Å². The third-order valence-corrected chi connectivity index (χ3v) is 4.31. The molecule has 1 saturated carbocycles. The summed E-state index contributed by atoms with van der Waals surface area (Å²) in [6.45, 7) is 6.36. The van der Waals surface area contributed by atoms with Crippen LogP contribution in [-0.2, 0) is 5.41 Å². The maximum Gasteiger partial charge on any atom is 0.123 e. The molecule has 0 nitrogen and oxygen atoms in total. The third-order valence-electron chi connectivity index (χ3n) is 4.31. The van der Waals surface area contributed by atoms with E-state index in [2.05, 4.69) is 19.6 Å². The molecule has 1 aromatic carbocycles. The van der Waals surface area contributed by atoms with Crippen molar-refractivity contribution >= 4 is 0 Å². The average Bonchev–Trinajstić information content (AvgIpc) is 2.53. The zero-order chi connectivity index (χ0) is 13.0. The molecular weight excluding hydrogens is 223 g/mol. The van der Waals surface area contributed by atoms with Crippen molar-refractivity contribution in [1.82, 2.24) is 0 Å². The Balaban J connectivity index is 2.33. The van der Waals surface area contributed by atoms with Crippen molar-refractivity contribution in [2.24, 2.45) is 0 Å². The third kappa shape index (κ3) is 2.82. The topological polar surface area (TPSA) is 0 Å². The van der Waals surface area contributed by atoms with Crippen molar-refractivity contribution < 1.29 is 4.39 Å². The molecule has 0 bridgehead atoms. The van der Waals surface area contributed by atoms with Crippen LogP contribution in [0.2, 0.25) is 0 Å². The lowest BCUT2D eigenvalue weighted by atomic mass is 9.71. The summed E-state index contributed by atoms with van der Waals surface area (Å²) in [5.41, 5.74) is 2.74. The molecule has 0 heterocycles. The van der Waals surface area contributed by atoms with Crippen LogP contribution < -0.4 is 0 Å². The van der Waals surface area contributed by atoms with Gasteiger partial charge in [0.1, 0.15) is 5.82 Å². The Morgan fingerprint density at radius 1 is 1.28 bits per heavy atom. The van der Waals surface area contributed by atoms with Crippen LogP contribution in [0.5, 0.6) is 0 Å². The van der Waals surface area contributed by atoms with Crippen LogP contribution >= 0.6 is 0 Å². The van der Waals surface area contributed by atoms with Crippen LogP contribution in [0.1, 0.15) is 57.4 Å². The van der Waals surface area contributed by atoms with E-state index in [4.69, 9.17) is 0 Å². The molecule has 18 heavy (non-hydrogen) atoms. The Morgan fingerprint density at radius 2 is 2.11 bits per heavy atom. The van der Waals surface area contributed by atoms with E-state index >= 15 is 0 Å². The van der Waals surface area contributed by atoms with Gasteiger partial charge in [0.25, 0.3) is 0 Å². The first-order valence-electron chi connectivity index (χ1n) is 7.09. The number of rotatable bonds is 3. The molecule has 1 aliphatic rings. The summed E-state index contributed by atoms with van der Waals surface area (Å²) in [5.74, 6) is -0.106. The maximum absolute atomic E-state index is 13.5. The Hall–Kier alpha value is -1.11. The molecule has 1 aliphatic carbocycles. The Bertz CT molecular complexity index is 421. The predicted octanol–water partition coefficient (Wildman–Crippen LogP) is 5.38. The highest BCUT2D eigenvalue weighted by Crippen LogP contribution is 2.43. The van der Waals surface area contributed by atoms with Gasteiger partial charge in [-0.05, 0) is 61.6 Å². The standard InChI is InChI=1S/C17H23F/c1-3-10-17(11-5-6-14(2)9-12-17)15-7-4-8-16(18)13-15/h4,7-8,13H,2-3,5-6,9-12H2,1H3. The van der Waals surface area contributed by atoms with Gasteiger partial charge in [-0.1, -0.05) is 37.6 Å². The van der Waals surface area contributed by atoms with Crippen LogP contribution in [-0.4, -0.2) is 0 Å². The number of halogens is 1. The highest BCUT2D eigenvalue weighted by atomic mass is 19.1. The Labute approximate surface area is 110 Å². The summed E-state index contributed by atoms with van der Waals surface area (Å²) in [5, 5.41) is 0. The van der Waals surface area contributed by atoms with Gasteiger partial charge in [0.15, 0.2) is 0 Å². The zero-order valence-electron chi connectivity index (χ0n) is 11.3. The van der Waals surface area contributed by atoms with Crippen molar-refractivity contribution in [2.75, 3.05) is 0 Å². The fraction of sp³-hybridized carbons (Fsp3) is 0.529. The first kappa shape index (κ1) is 13.3. The minimum atomic E-state index is -0.106. The van der Waals surface area contributed by atoms with E-state index in [0.29, 0.717) is 0 Å². The second-order valence-electron chi connectivity index (χ2n) is 5.64. The summed E-state index contributed by atoms with van der Waals surface area (Å²) in [4.78, 5) is 0. The van der Waals surface area contributed by atoms with E-state index < -0.39 is 0 Å². The minimum absolute atomic E-state index is 0.106. The molecule has 0 radical (unpaired) electrons. The number of hydrogen-bond donors (Lipinski definition) is 0. The van der Waals surface area contributed by atoms with Gasteiger partial charge in [0.2, 0.25) is 0 Å². The predicted molar refractivity (Wildman–Crippen MR) is 75.2 cm³/mol. The molecule has 1 fully saturated rings. The average molecular weight is 246 g/mol. The van der Waals surface area contributed by atoms with Gasteiger partial charge in [-0.2, -0.15) is 0 Å². The van der Waals surface area contributed by atoms with E-state index in [1.165, 1.54) is 24.0 Å². The Morgan fingerprint density at radius 3 is 2.83 bits per heavy atom. The van der Waals surface area contributed by atoms with Crippen molar-refractivity contribution in [2.45, 2.75) is 57.3 Å². The van der Waals surface area contributed by atoms with Gasteiger partial charge in [-0.15, -0.1) is 0 Å². The smallest absolute Gasteiger partial charge is 0.123 e. The van der Waals surface area contributed by atoms with E-state index in [-0.39, 0.29) is 11.2 Å². The van der Waals surface area contributed by atoms with Crippen molar-refractivity contribution in [3.8, 4) is 0 Å². The molecular formula is C17H23F. The molecule has 0 spiro atoms. The molecule has 1 aromatic rings. The largest absolute Gasteiger partial charge is 0.207 e. The number of allylic oxidation sites excluding steroid dienone is 1. The summed E-state index contributed by atoms with van der Waals surface area (Å²) < 4.78 is 13.5. The molecule has 0 saturated heterocycles. The highest BCUT2D eigenvalue weighted by molar-refractivity contribution is 5.27. The summed E-state index contributed by atoms with van der Waals surface area (Å²) in [7, 11) is 0. The van der Waals surface area contributed by atoms with Gasteiger partial charge in [0.05, 0.1) is 0 Å². The fourth-order valence-electron chi connectivity index (χ4n) is 3.32. The second kappa shape index (κ2) is 5.69. The van der Waals surface area contributed by atoms with E-state index in [1.807, 2.05) is 6.07 Å². The molecule has 0 N–H and O–H groups in total. The van der Waals surface area contributed by atoms with Crippen LogP contribution in [0, 0.1) is 5.82 Å². The van der Waals surface area contributed by atoms with Gasteiger partial charge in [-0.25, -0.2) is 4.39 Å². The number of hydrogen-bond acceptors (Lipinski definition) is 0. The monoisotopic (exact) mass is 246 g/mol. The van der Waals surface area contributed by atoms with Crippen LogP contribution in [0.15, 0.2) is 36.4 Å². The molecule has 1 unspecified atom stereocenters. The van der Waals surface area contributed by atoms with Crippen LogP contribution in [0.25, 0.3) is 0 Å². The highest BCUT2D eigenvalue weighted by Gasteiger charge is 2.32. The molecule has 0 amide bonds. The van der Waals surface area contributed by atoms with Gasteiger partial charge in [0, 0.05) is 0 Å². The van der Waals surface area contributed by atoms with Gasteiger partial charge < -0.3 is 0 Å². The van der Waals surface area contributed by atoms with Crippen molar-refractivity contribution in [1.29, 1.82) is 0 Å². The van der Waals surface area contributed by atoms with Crippen LogP contribution in [0.3, 0.4) is 0 Å². The minimum Gasteiger partial charge on any atom is -0.207 e.